The van der Waals surface area contributed by atoms with E-state index in [1.54, 1.807) is 19.1 Å². The molecular weight excluding hydrogens is 354 g/mol. The van der Waals surface area contributed by atoms with Crippen molar-refractivity contribution in [3.05, 3.63) is 39.2 Å². The largest absolute Gasteiger partial charge is 0.332 e. The van der Waals surface area contributed by atoms with Crippen LogP contribution in [0, 0.1) is 13.8 Å². The van der Waals surface area contributed by atoms with Crippen LogP contribution in [0.15, 0.2) is 27.8 Å². The molecule has 1 aromatic heterocycles. The predicted molar refractivity (Wildman–Crippen MR) is 78.0 cm³/mol. The van der Waals surface area contributed by atoms with E-state index < -0.39 is 10.0 Å². The summed E-state index contributed by atoms with van der Waals surface area (Å²) in [6.45, 7) is 3.52. The third kappa shape index (κ3) is 3.10. The number of halogens is 2. The lowest BCUT2D eigenvalue weighted by Gasteiger charge is -2.10. The molecular formula is C11H11BrClN3O2S. The molecule has 0 radical (unpaired) electrons. The fourth-order valence-corrected chi connectivity index (χ4v) is 3.35. The Hall–Kier alpha value is -1.05. The van der Waals surface area contributed by atoms with Gasteiger partial charge in [0.15, 0.2) is 5.03 Å². The summed E-state index contributed by atoms with van der Waals surface area (Å²) in [5.74, 6) is 0.529. The maximum atomic E-state index is 12.1. The normalized spacial score (nSPS) is 11.6. The average Bonchev–Trinajstić information content (AvgIpc) is 2.73. The van der Waals surface area contributed by atoms with Gasteiger partial charge in [-0.3, -0.25) is 4.72 Å². The molecule has 0 saturated carbocycles. The van der Waals surface area contributed by atoms with Gasteiger partial charge in [-0.15, -0.1) is 0 Å². The number of anilines is 1. The molecule has 1 aromatic carbocycles. The Morgan fingerprint density at radius 2 is 2.05 bits per heavy atom. The van der Waals surface area contributed by atoms with Gasteiger partial charge in [-0.2, -0.15) is 8.42 Å². The molecule has 0 aliphatic rings. The zero-order valence-corrected chi connectivity index (χ0v) is 13.3. The van der Waals surface area contributed by atoms with Crippen LogP contribution in [-0.4, -0.2) is 18.4 Å². The Balaban J connectivity index is 2.38. The van der Waals surface area contributed by atoms with E-state index in [0.717, 1.165) is 5.56 Å². The molecule has 0 aliphatic carbocycles. The van der Waals surface area contributed by atoms with Crippen LogP contribution >= 0.6 is 27.5 Å². The molecule has 19 heavy (non-hydrogen) atoms. The van der Waals surface area contributed by atoms with Gasteiger partial charge in [0.1, 0.15) is 5.82 Å². The Labute approximate surface area is 124 Å². The van der Waals surface area contributed by atoms with Crippen molar-refractivity contribution in [2.75, 3.05) is 4.72 Å². The lowest BCUT2D eigenvalue weighted by atomic mass is 10.2. The fourth-order valence-electron chi connectivity index (χ4n) is 1.46. The monoisotopic (exact) mass is 363 g/mol. The number of H-pyrrole nitrogens is 1. The van der Waals surface area contributed by atoms with Gasteiger partial charge < -0.3 is 4.98 Å². The SMILES string of the molecule is Cc1ncc(S(=O)(=O)Nc2cc(Cl)c(C)cc2Br)[nH]1. The Bertz CT molecular complexity index is 728. The van der Waals surface area contributed by atoms with Crippen molar-refractivity contribution in [2.24, 2.45) is 0 Å². The zero-order chi connectivity index (χ0) is 14.2. The van der Waals surface area contributed by atoms with E-state index in [-0.39, 0.29) is 5.03 Å². The van der Waals surface area contributed by atoms with Gasteiger partial charge in [0.25, 0.3) is 10.0 Å². The number of sulfonamides is 1. The van der Waals surface area contributed by atoms with Crippen LogP contribution in [0.4, 0.5) is 5.69 Å². The number of aromatic nitrogens is 2. The van der Waals surface area contributed by atoms with E-state index in [1.165, 1.54) is 6.20 Å². The zero-order valence-electron chi connectivity index (χ0n) is 10.2. The number of aryl methyl sites for hydroxylation is 2. The second-order valence-electron chi connectivity index (χ2n) is 4.02. The lowest BCUT2D eigenvalue weighted by Crippen LogP contribution is -2.14. The first-order valence-electron chi connectivity index (χ1n) is 5.29. The van der Waals surface area contributed by atoms with Gasteiger partial charge in [-0.25, -0.2) is 4.98 Å². The van der Waals surface area contributed by atoms with E-state index in [2.05, 4.69) is 30.6 Å². The molecule has 1 heterocycles. The summed E-state index contributed by atoms with van der Waals surface area (Å²) in [5.41, 5.74) is 1.23. The van der Waals surface area contributed by atoms with Crippen molar-refractivity contribution in [2.45, 2.75) is 18.9 Å². The van der Waals surface area contributed by atoms with Gasteiger partial charge in [0, 0.05) is 9.50 Å². The highest BCUT2D eigenvalue weighted by Gasteiger charge is 2.18. The minimum absolute atomic E-state index is 0.00796. The van der Waals surface area contributed by atoms with Crippen molar-refractivity contribution in [1.29, 1.82) is 0 Å². The first kappa shape index (κ1) is 14.4. The lowest BCUT2D eigenvalue weighted by molar-refractivity contribution is 0.598. The van der Waals surface area contributed by atoms with E-state index in [4.69, 9.17) is 11.6 Å². The summed E-state index contributed by atoms with van der Waals surface area (Å²) in [7, 11) is -3.70. The molecule has 0 unspecified atom stereocenters. The topological polar surface area (TPSA) is 74.8 Å². The fraction of sp³-hybridized carbons (Fsp3) is 0.182. The molecule has 2 aromatic rings. The molecule has 0 aliphatic heterocycles. The molecule has 0 atom stereocenters. The van der Waals surface area contributed by atoms with Crippen LogP contribution in [0.2, 0.25) is 5.02 Å². The molecule has 2 N–H and O–H groups in total. The van der Waals surface area contributed by atoms with Crippen molar-refractivity contribution >= 4 is 43.2 Å². The van der Waals surface area contributed by atoms with Gasteiger partial charge in [0.05, 0.1) is 11.9 Å². The minimum atomic E-state index is -3.70. The average molecular weight is 365 g/mol. The highest BCUT2D eigenvalue weighted by molar-refractivity contribution is 9.10. The number of hydrogen-bond donors (Lipinski definition) is 2. The Morgan fingerprint density at radius 3 is 2.63 bits per heavy atom. The third-order valence-electron chi connectivity index (χ3n) is 2.46. The summed E-state index contributed by atoms with van der Waals surface area (Å²) in [5, 5.41) is 0.496. The van der Waals surface area contributed by atoms with Crippen LogP contribution in [0.1, 0.15) is 11.4 Å². The smallest absolute Gasteiger partial charge is 0.279 e. The number of imidazole rings is 1. The van der Waals surface area contributed by atoms with Gasteiger partial charge in [-0.1, -0.05) is 11.6 Å². The summed E-state index contributed by atoms with van der Waals surface area (Å²) in [6.07, 6.45) is 1.27. The molecule has 102 valence electrons. The molecule has 0 fully saturated rings. The van der Waals surface area contributed by atoms with Crippen LogP contribution in [0.3, 0.4) is 0 Å². The maximum absolute atomic E-state index is 12.1. The molecule has 2 rings (SSSR count). The molecule has 0 amide bonds. The van der Waals surface area contributed by atoms with Crippen molar-refractivity contribution in [3.63, 3.8) is 0 Å². The number of hydrogen-bond acceptors (Lipinski definition) is 3. The minimum Gasteiger partial charge on any atom is -0.332 e. The first-order chi connectivity index (χ1) is 8.79. The van der Waals surface area contributed by atoms with Crippen molar-refractivity contribution in [1.82, 2.24) is 9.97 Å². The van der Waals surface area contributed by atoms with E-state index in [1.807, 2.05) is 6.92 Å². The Morgan fingerprint density at radius 1 is 1.37 bits per heavy atom. The van der Waals surface area contributed by atoms with Gasteiger partial charge >= 0.3 is 0 Å². The van der Waals surface area contributed by atoms with Crippen molar-refractivity contribution in [3.8, 4) is 0 Å². The van der Waals surface area contributed by atoms with Crippen LogP contribution < -0.4 is 4.72 Å². The highest BCUT2D eigenvalue weighted by atomic mass is 79.9. The number of nitrogens with zero attached hydrogens (tertiary/aromatic N) is 1. The predicted octanol–water partition coefficient (Wildman–Crippen LogP) is 3.24. The maximum Gasteiger partial charge on any atom is 0.279 e. The number of aromatic amines is 1. The van der Waals surface area contributed by atoms with Gasteiger partial charge in [-0.05, 0) is 47.5 Å². The summed E-state index contributed by atoms with van der Waals surface area (Å²) in [6, 6.07) is 3.31. The van der Waals surface area contributed by atoms with E-state index >= 15 is 0 Å². The molecule has 0 bridgehead atoms. The number of benzene rings is 1. The van der Waals surface area contributed by atoms with Crippen LogP contribution in [0.5, 0.6) is 0 Å². The molecule has 0 spiro atoms. The standard InChI is InChI=1S/C11H11BrClN3O2S/c1-6-3-8(12)10(4-9(6)13)16-19(17,18)11-5-14-7(2)15-11/h3-5,16H,1-2H3,(H,14,15). The molecule has 0 saturated heterocycles. The van der Waals surface area contributed by atoms with E-state index in [0.29, 0.717) is 21.0 Å². The quantitative estimate of drug-likeness (QED) is 0.878. The van der Waals surface area contributed by atoms with Gasteiger partial charge in [0.2, 0.25) is 0 Å². The number of rotatable bonds is 3. The second kappa shape index (κ2) is 5.15. The second-order valence-corrected chi connectivity index (χ2v) is 6.93. The van der Waals surface area contributed by atoms with E-state index in [9.17, 15) is 8.42 Å². The summed E-state index contributed by atoms with van der Waals surface area (Å²) >= 11 is 9.29. The van der Waals surface area contributed by atoms with Crippen LogP contribution in [-0.2, 0) is 10.0 Å². The highest BCUT2D eigenvalue weighted by Crippen LogP contribution is 2.30. The molecule has 8 heteroatoms. The third-order valence-corrected chi connectivity index (χ3v) is 4.80. The first-order valence-corrected chi connectivity index (χ1v) is 7.95. The summed E-state index contributed by atoms with van der Waals surface area (Å²) in [4.78, 5) is 6.54. The van der Waals surface area contributed by atoms with Crippen molar-refractivity contribution < 1.29 is 8.42 Å². The molecule has 5 nitrogen and oxygen atoms in total. The van der Waals surface area contributed by atoms with Crippen LogP contribution in [0.25, 0.3) is 0 Å². The Kier molecular flexibility index (Phi) is 3.89. The summed E-state index contributed by atoms with van der Waals surface area (Å²) < 4.78 is 27.3. The number of nitrogens with one attached hydrogen (secondary N) is 2.